The van der Waals surface area contributed by atoms with Crippen molar-refractivity contribution in [3.63, 3.8) is 0 Å². The van der Waals surface area contributed by atoms with Crippen LogP contribution in [0.3, 0.4) is 0 Å². The molecule has 0 fully saturated rings. The third-order valence-electron chi connectivity index (χ3n) is 6.74. The summed E-state index contributed by atoms with van der Waals surface area (Å²) in [6.07, 6.45) is 2.06. The largest absolute Gasteiger partial charge is 0.255 e. The van der Waals surface area contributed by atoms with E-state index in [0.29, 0.717) is 0 Å². The minimum absolute atomic E-state index is 1.14. The average Bonchev–Trinajstić information content (AvgIpc) is 3.13. The highest BCUT2D eigenvalue weighted by atomic mass is 14.7. The van der Waals surface area contributed by atoms with Gasteiger partial charge in [-0.15, -0.1) is 0 Å². The first-order chi connectivity index (χ1) is 13.9. The van der Waals surface area contributed by atoms with Crippen LogP contribution in [0.4, 0.5) is 0 Å². The first-order valence-corrected chi connectivity index (χ1v) is 9.75. The maximum atomic E-state index is 4.94. The van der Waals surface area contributed by atoms with Gasteiger partial charge in [-0.1, -0.05) is 72.8 Å². The third-order valence-corrected chi connectivity index (χ3v) is 6.74. The second-order valence-electron chi connectivity index (χ2n) is 7.94. The monoisotopic (exact) mass is 351 g/mol. The van der Waals surface area contributed by atoms with Gasteiger partial charge in [0, 0.05) is 33.1 Å². The zero-order chi connectivity index (χ0) is 18.0. The molecule has 0 aliphatic rings. The lowest BCUT2D eigenvalue weighted by molar-refractivity contribution is 1.47. The van der Waals surface area contributed by atoms with E-state index >= 15 is 0 Å². The Morgan fingerprint density at radius 3 is 1.57 bits per heavy atom. The summed E-state index contributed by atoms with van der Waals surface area (Å²) in [5.74, 6) is 0. The Hall–Kier alpha value is -3.71. The number of aromatic nitrogens is 1. The van der Waals surface area contributed by atoms with Crippen LogP contribution < -0.4 is 0 Å². The number of hydrogen-bond donors (Lipinski definition) is 0. The number of rotatable bonds is 0. The fraction of sp³-hybridized carbons (Fsp3) is 0. The van der Waals surface area contributed by atoms with Crippen molar-refractivity contribution < 1.29 is 0 Å². The second-order valence-corrected chi connectivity index (χ2v) is 7.94. The van der Waals surface area contributed by atoms with E-state index < -0.39 is 0 Å². The highest BCUT2D eigenvalue weighted by Crippen LogP contribution is 2.51. The van der Waals surface area contributed by atoms with E-state index in [1.54, 1.807) is 0 Å². The molecule has 0 spiro atoms. The van der Waals surface area contributed by atoms with E-state index in [4.69, 9.17) is 4.98 Å². The molecule has 0 radical (unpaired) electrons. The highest BCUT2D eigenvalue weighted by molar-refractivity contribution is 6.50. The Morgan fingerprint density at radius 2 is 0.893 bits per heavy atom. The van der Waals surface area contributed by atoms with Crippen molar-refractivity contribution >= 4 is 75.5 Å². The van der Waals surface area contributed by atoms with Gasteiger partial charge in [-0.2, -0.15) is 0 Å². The van der Waals surface area contributed by atoms with Crippen LogP contribution in [0.1, 0.15) is 0 Å². The molecular weight excluding hydrogens is 338 g/mol. The van der Waals surface area contributed by atoms with Gasteiger partial charge < -0.3 is 0 Å². The zero-order valence-electron chi connectivity index (χ0n) is 15.0. The second kappa shape index (κ2) is 4.23. The van der Waals surface area contributed by atoms with Crippen molar-refractivity contribution in [2.75, 3.05) is 0 Å². The summed E-state index contributed by atoms with van der Waals surface area (Å²) in [6, 6.07) is 26.7. The maximum Gasteiger partial charge on any atom is 0.0793 e. The van der Waals surface area contributed by atoms with E-state index in [-0.39, 0.29) is 0 Å². The standard InChI is InChI=1S/C27H13N/c1-2-6-16-15(5-1)18-10-9-14-13-28-27-21-8-4-3-7-17(21)20-12-11-19(16)24-23(18)22(14)26(27)25(20)24/h1-13H. The minimum atomic E-state index is 1.14. The Labute approximate surface area is 159 Å². The van der Waals surface area contributed by atoms with Crippen LogP contribution in [-0.2, 0) is 0 Å². The Morgan fingerprint density at radius 1 is 0.393 bits per heavy atom. The van der Waals surface area contributed by atoms with Crippen molar-refractivity contribution in [2.24, 2.45) is 0 Å². The molecular formula is C27H13N. The van der Waals surface area contributed by atoms with Crippen molar-refractivity contribution in [3.05, 3.63) is 79.0 Å². The van der Waals surface area contributed by atoms with E-state index in [2.05, 4.69) is 79.0 Å². The van der Waals surface area contributed by atoms with E-state index in [9.17, 15) is 0 Å². The van der Waals surface area contributed by atoms with Gasteiger partial charge in [0.15, 0.2) is 0 Å². The Bertz CT molecular complexity index is 1730. The quantitative estimate of drug-likeness (QED) is 0.258. The van der Waals surface area contributed by atoms with Crippen LogP contribution in [0.15, 0.2) is 79.0 Å². The van der Waals surface area contributed by atoms with Crippen LogP contribution in [-0.4, -0.2) is 4.98 Å². The molecule has 0 bridgehead atoms. The highest BCUT2D eigenvalue weighted by Gasteiger charge is 2.24. The van der Waals surface area contributed by atoms with Gasteiger partial charge in [0.05, 0.1) is 5.52 Å². The van der Waals surface area contributed by atoms with Gasteiger partial charge in [0.1, 0.15) is 0 Å². The molecule has 8 aromatic rings. The van der Waals surface area contributed by atoms with Gasteiger partial charge >= 0.3 is 0 Å². The molecule has 0 amide bonds. The van der Waals surface area contributed by atoms with Crippen LogP contribution in [0, 0.1) is 0 Å². The summed E-state index contributed by atoms with van der Waals surface area (Å²) in [7, 11) is 0. The molecule has 0 saturated carbocycles. The van der Waals surface area contributed by atoms with Crippen LogP contribution in [0.2, 0.25) is 0 Å². The average molecular weight is 351 g/mol. The van der Waals surface area contributed by atoms with Crippen molar-refractivity contribution in [2.45, 2.75) is 0 Å². The summed E-state index contributed by atoms with van der Waals surface area (Å²) in [5, 5.41) is 17.5. The van der Waals surface area contributed by atoms with Gasteiger partial charge in [-0.3, -0.25) is 4.98 Å². The fourth-order valence-corrected chi connectivity index (χ4v) is 5.69. The Kier molecular flexibility index (Phi) is 2.03. The smallest absolute Gasteiger partial charge is 0.0793 e. The molecule has 1 nitrogen and oxygen atoms in total. The predicted molar refractivity (Wildman–Crippen MR) is 120 cm³/mol. The topological polar surface area (TPSA) is 12.9 Å². The van der Waals surface area contributed by atoms with Crippen molar-refractivity contribution in [1.29, 1.82) is 0 Å². The lowest BCUT2D eigenvalue weighted by atomic mass is 9.92. The molecule has 0 atom stereocenters. The van der Waals surface area contributed by atoms with E-state index in [1.807, 2.05) is 0 Å². The van der Waals surface area contributed by atoms with Gasteiger partial charge in [-0.25, -0.2) is 0 Å². The van der Waals surface area contributed by atoms with E-state index in [0.717, 1.165) is 5.52 Å². The molecule has 0 aliphatic heterocycles. The first-order valence-electron chi connectivity index (χ1n) is 9.75. The SMILES string of the molecule is c1ccc2c(c1)c1ccc3cnc4c5ccccc5c5ccc2c2c1c3c4c52. The summed E-state index contributed by atoms with van der Waals surface area (Å²) in [4.78, 5) is 4.94. The predicted octanol–water partition coefficient (Wildman–Crippen LogP) is 7.47. The number of nitrogens with zero attached hydrogens (tertiary/aromatic N) is 1. The first kappa shape index (κ1) is 13.5. The molecule has 8 rings (SSSR count). The number of hydrogen-bond acceptors (Lipinski definition) is 1. The van der Waals surface area contributed by atoms with Crippen molar-refractivity contribution in [1.82, 2.24) is 4.98 Å². The van der Waals surface area contributed by atoms with Gasteiger partial charge in [-0.05, 0) is 43.1 Å². The molecule has 7 aromatic carbocycles. The third kappa shape index (κ3) is 1.27. The summed E-state index contributed by atoms with van der Waals surface area (Å²) >= 11 is 0. The Balaban J connectivity index is 1.93. The number of benzene rings is 6. The summed E-state index contributed by atoms with van der Waals surface area (Å²) in [6.45, 7) is 0. The molecule has 1 heterocycles. The lowest BCUT2D eigenvalue weighted by Gasteiger charge is -2.11. The molecule has 0 aliphatic carbocycles. The van der Waals surface area contributed by atoms with E-state index in [1.165, 1.54) is 70.0 Å². The molecule has 1 heteroatoms. The molecule has 0 saturated heterocycles. The molecule has 28 heavy (non-hydrogen) atoms. The molecule has 126 valence electrons. The number of pyridine rings is 1. The van der Waals surface area contributed by atoms with Crippen LogP contribution in [0.5, 0.6) is 0 Å². The molecule has 1 aromatic heterocycles. The lowest BCUT2D eigenvalue weighted by Crippen LogP contribution is -1.85. The molecule has 0 N–H and O–H groups in total. The minimum Gasteiger partial charge on any atom is -0.255 e. The normalized spacial score (nSPS) is 13.0. The molecule has 0 unspecified atom stereocenters. The zero-order valence-corrected chi connectivity index (χ0v) is 15.0. The van der Waals surface area contributed by atoms with Crippen LogP contribution >= 0.6 is 0 Å². The maximum absolute atomic E-state index is 4.94. The number of fused-ring (bicyclic) bond motifs is 6. The summed E-state index contributed by atoms with van der Waals surface area (Å²) < 4.78 is 0. The van der Waals surface area contributed by atoms with Crippen LogP contribution in [0.25, 0.3) is 75.5 Å². The fourth-order valence-electron chi connectivity index (χ4n) is 5.69. The van der Waals surface area contributed by atoms with Gasteiger partial charge in [0.25, 0.3) is 0 Å². The van der Waals surface area contributed by atoms with Gasteiger partial charge in [0.2, 0.25) is 0 Å². The summed E-state index contributed by atoms with van der Waals surface area (Å²) in [5.41, 5.74) is 1.14. The van der Waals surface area contributed by atoms with Crippen molar-refractivity contribution in [3.8, 4) is 0 Å².